The van der Waals surface area contributed by atoms with Gasteiger partial charge >= 0.3 is 0 Å². The first-order chi connectivity index (χ1) is 11.4. The van der Waals surface area contributed by atoms with Crippen LogP contribution in [0, 0.1) is 19.7 Å². The first kappa shape index (κ1) is 15.6. The number of carbonyl (C=O) groups excluding carboxylic acids is 1. The summed E-state index contributed by atoms with van der Waals surface area (Å²) in [7, 11) is 0. The van der Waals surface area contributed by atoms with Crippen LogP contribution in [0.5, 0.6) is 0 Å². The minimum absolute atomic E-state index is 0.0776. The zero-order valence-corrected chi connectivity index (χ0v) is 13.0. The molecule has 2 aromatic heterocycles. The van der Waals surface area contributed by atoms with E-state index in [0.717, 1.165) is 11.4 Å². The van der Waals surface area contributed by atoms with Crippen LogP contribution in [0.4, 0.5) is 4.39 Å². The predicted octanol–water partition coefficient (Wildman–Crippen LogP) is 1.48. The molecule has 0 aliphatic carbocycles. The van der Waals surface area contributed by atoms with Crippen LogP contribution in [0.25, 0.3) is 17.2 Å². The highest BCUT2D eigenvalue weighted by molar-refractivity contribution is 5.98. The van der Waals surface area contributed by atoms with E-state index in [9.17, 15) is 14.0 Å². The number of aromatic amines is 1. The molecule has 0 saturated carbocycles. The lowest BCUT2D eigenvalue weighted by molar-refractivity contribution is 0.0999. The Hall–Kier alpha value is -3.29. The van der Waals surface area contributed by atoms with Crippen molar-refractivity contribution in [3.63, 3.8) is 0 Å². The van der Waals surface area contributed by atoms with Gasteiger partial charge in [0.15, 0.2) is 0 Å². The Kier molecular flexibility index (Phi) is 3.72. The van der Waals surface area contributed by atoms with Crippen LogP contribution in [0.15, 0.2) is 35.1 Å². The molecule has 0 atom stereocenters. The quantitative estimate of drug-likeness (QED) is 0.759. The summed E-state index contributed by atoms with van der Waals surface area (Å²) >= 11 is 0. The molecule has 0 spiro atoms. The Bertz CT molecular complexity index is 989. The lowest BCUT2D eigenvalue weighted by Crippen LogP contribution is -2.27. The van der Waals surface area contributed by atoms with E-state index in [2.05, 4.69) is 15.1 Å². The number of hydrogen-bond donors (Lipinski definition) is 2. The Morgan fingerprint density at radius 1 is 1.25 bits per heavy atom. The molecular formula is C16H14FN5O2. The molecule has 0 fully saturated rings. The smallest absolute Gasteiger partial charge is 0.265 e. The van der Waals surface area contributed by atoms with Gasteiger partial charge in [0.05, 0.1) is 11.4 Å². The van der Waals surface area contributed by atoms with Gasteiger partial charge < -0.3 is 5.73 Å². The highest BCUT2D eigenvalue weighted by Crippen LogP contribution is 2.21. The second kappa shape index (κ2) is 5.73. The fourth-order valence-corrected chi connectivity index (χ4v) is 2.45. The summed E-state index contributed by atoms with van der Waals surface area (Å²) in [6.07, 6.45) is 0. The molecule has 0 saturated heterocycles. The van der Waals surface area contributed by atoms with E-state index in [1.165, 1.54) is 28.9 Å². The molecule has 1 aromatic carbocycles. The summed E-state index contributed by atoms with van der Waals surface area (Å²) in [6.45, 7) is 3.61. The van der Waals surface area contributed by atoms with Gasteiger partial charge in [-0.15, -0.1) is 0 Å². The minimum atomic E-state index is -0.914. The number of nitrogens with one attached hydrogen (secondary N) is 1. The third-order valence-electron chi connectivity index (χ3n) is 3.48. The second-order valence-corrected chi connectivity index (χ2v) is 5.32. The minimum Gasteiger partial charge on any atom is -0.365 e. The van der Waals surface area contributed by atoms with Gasteiger partial charge in [-0.05, 0) is 44.2 Å². The number of nitrogens with two attached hydrogens (primary N) is 1. The lowest BCUT2D eigenvalue weighted by Gasteiger charge is -2.09. The molecule has 3 rings (SSSR count). The van der Waals surface area contributed by atoms with Gasteiger partial charge in [0.1, 0.15) is 11.4 Å². The molecule has 8 heteroatoms. The van der Waals surface area contributed by atoms with Crippen LogP contribution in [-0.2, 0) is 0 Å². The first-order valence-electron chi connectivity index (χ1n) is 7.10. The van der Waals surface area contributed by atoms with E-state index in [1.807, 2.05) is 6.07 Å². The molecule has 3 N–H and O–H groups in total. The maximum Gasteiger partial charge on any atom is 0.265 e. The van der Waals surface area contributed by atoms with Gasteiger partial charge in [0, 0.05) is 11.3 Å². The van der Waals surface area contributed by atoms with Crippen molar-refractivity contribution < 1.29 is 9.18 Å². The van der Waals surface area contributed by atoms with Gasteiger partial charge in [-0.2, -0.15) is 5.10 Å². The summed E-state index contributed by atoms with van der Waals surface area (Å²) in [4.78, 5) is 30.8. The molecule has 7 nitrogen and oxygen atoms in total. The van der Waals surface area contributed by atoms with Gasteiger partial charge in [0.2, 0.25) is 5.95 Å². The molecule has 0 unspecified atom stereocenters. The van der Waals surface area contributed by atoms with Crippen LogP contribution < -0.4 is 11.3 Å². The molecule has 24 heavy (non-hydrogen) atoms. The highest BCUT2D eigenvalue weighted by atomic mass is 19.1. The van der Waals surface area contributed by atoms with E-state index in [1.54, 1.807) is 13.8 Å². The molecule has 0 aliphatic rings. The van der Waals surface area contributed by atoms with Crippen LogP contribution in [0.3, 0.4) is 0 Å². The number of rotatable bonds is 3. The summed E-state index contributed by atoms with van der Waals surface area (Å²) in [5.74, 6) is -1.21. The fraction of sp³-hybridized carbons (Fsp3) is 0.125. The van der Waals surface area contributed by atoms with E-state index < -0.39 is 17.3 Å². The lowest BCUT2D eigenvalue weighted by atomic mass is 10.1. The van der Waals surface area contributed by atoms with Crippen molar-refractivity contribution in [2.75, 3.05) is 0 Å². The number of carbonyl (C=O) groups is 1. The summed E-state index contributed by atoms with van der Waals surface area (Å²) in [5, 5.41) is 4.25. The normalized spacial score (nSPS) is 10.8. The number of aromatic nitrogens is 4. The number of benzene rings is 1. The van der Waals surface area contributed by atoms with Crippen LogP contribution in [0.1, 0.15) is 21.7 Å². The van der Waals surface area contributed by atoms with Crippen molar-refractivity contribution in [2.45, 2.75) is 13.8 Å². The topological polar surface area (TPSA) is 107 Å². The van der Waals surface area contributed by atoms with E-state index >= 15 is 0 Å². The number of aryl methyl sites for hydroxylation is 2. The zero-order valence-electron chi connectivity index (χ0n) is 13.0. The SMILES string of the molecule is Cc1cc(C)n(-c2nc(-c3ccc(F)cc3)c(C(N)=O)c(=O)[nH]2)n1. The maximum atomic E-state index is 13.1. The van der Waals surface area contributed by atoms with Gasteiger partial charge in [-0.1, -0.05) is 0 Å². The van der Waals surface area contributed by atoms with Crippen LogP contribution >= 0.6 is 0 Å². The number of nitrogens with zero attached hydrogens (tertiary/aromatic N) is 3. The van der Waals surface area contributed by atoms with Gasteiger partial charge in [-0.3, -0.25) is 14.6 Å². The van der Waals surface area contributed by atoms with Crippen LogP contribution in [0.2, 0.25) is 0 Å². The molecule has 3 aromatic rings. The molecule has 2 heterocycles. The standard InChI is InChI=1S/C16H14FN5O2/c1-8-7-9(2)22(21-8)16-19-13(10-3-5-11(17)6-4-10)12(14(18)23)15(24)20-16/h3-7H,1-2H3,(H2,18,23)(H,19,20,24). The Morgan fingerprint density at radius 3 is 2.46 bits per heavy atom. The van der Waals surface area contributed by atoms with Crippen molar-refractivity contribution in [2.24, 2.45) is 5.73 Å². The molecule has 0 radical (unpaired) electrons. The number of amides is 1. The monoisotopic (exact) mass is 327 g/mol. The summed E-state index contributed by atoms with van der Waals surface area (Å²) in [5.41, 5.74) is 6.33. The number of halogens is 1. The molecule has 0 bridgehead atoms. The molecule has 0 aliphatic heterocycles. The van der Waals surface area contributed by atoms with E-state index in [0.29, 0.717) is 5.56 Å². The average molecular weight is 327 g/mol. The molecular weight excluding hydrogens is 313 g/mol. The van der Waals surface area contributed by atoms with Gasteiger partial charge in [-0.25, -0.2) is 14.1 Å². The predicted molar refractivity (Wildman–Crippen MR) is 85.4 cm³/mol. The average Bonchev–Trinajstić information content (AvgIpc) is 2.85. The van der Waals surface area contributed by atoms with Crippen LogP contribution in [-0.4, -0.2) is 25.7 Å². The summed E-state index contributed by atoms with van der Waals surface area (Å²) < 4.78 is 14.6. The molecule has 122 valence electrons. The first-order valence-corrected chi connectivity index (χ1v) is 7.10. The van der Waals surface area contributed by atoms with Gasteiger partial charge in [0.25, 0.3) is 11.5 Å². The zero-order chi connectivity index (χ0) is 17.4. The maximum absolute atomic E-state index is 13.1. The highest BCUT2D eigenvalue weighted by Gasteiger charge is 2.19. The van der Waals surface area contributed by atoms with Crippen molar-refractivity contribution in [3.05, 3.63) is 63.5 Å². The summed E-state index contributed by atoms with van der Waals surface area (Å²) in [6, 6.07) is 7.10. The van der Waals surface area contributed by atoms with Crippen molar-refractivity contribution in [1.29, 1.82) is 0 Å². The Morgan fingerprint density at radius 2 is 1.92 bits per heavy atom. The largest absolute Gasteiger partial charge is 0.365 e. The number of hydrogen-bond acceptors (Lipinski definition) is 4. The number of primary amides is 1. The number of H-pyrrole nitrogens is 1. The van der Waals surface area contributed by atoms with Crippen molar-refractivity contribution >= 4 is 5.91 Å². The van der Waals surface area contributed by atoms with E-state index in [4.69, 9.17) is 5.73 Å². The van der Waals surface area contributed by atoms with Crippen molar-refractivity contribution in [3.8, 4) is 17.2 Å². The molecule has 1 amide bonds. The third kappa shape index (κ3) is 2.69. The van der Waals surface area contributed by atoms with E-state index in [-0.39, 0.29) is 17.2 Å². The van der Waals surface area contributed by atoms with Crippen molar-refractivity contribution in [1.82, 2.24) is 19.7 Å². The fourth-order valence-electron chi connectivity index (χ4n) is 2.45. The third-order valence-corrected chi connectivity index (χ3v) is 3.48. The Balaban J connectivity index is 2.29. The second-order valence-electron chi connectivity index (χ2n) is 5.32. The Labute approximate surface area is 136 Å².